The summed E-state index contributed by atoms with van der Waals surface area (Å²) in [6.45, 7) is 0.0262. The molecule has 0 fully saturated rings. The first-order chi connectivity index (χ1) is 9.02. The molecule has 1 aromatic heterocycles. The predicted octanol–water partition coefficient (Wildman–Crippen LogP) is 1.84. The average molecular weight is 325 g/mol. The molecular weight excluding hydrogens is 312 g/mol. The minimum Gasteiger partial charge on any atom is -0.496 e. The number of rotatable bonds is 4. The fraction of sp³-hybridized carbons (Fsp3) is 0.231. The summed E-state index contributed by atoms with van der Waals surface area (Å²) >= 11 is 3.33. The molecule has 0 bridgehead atoms. The van der Waals surface area contributed by atoms with E-state index in [0.717, 1.165) is 0 Å². The van der Waals surface area contributed by atoms with Crippen LogP contribution in [0.1, 0.15) is 10.4 Å². The van der Waals surface area contributed by atoms with Crippen LogP contribution in [0.4, 0.5) is 0 Å². The summed E-state index contributed by atoms with van der Waals surface area (Å²) in [7, 11) is 3.21. The number of hydrogen-bond acceptors (Lipinski definition) is 3. The van der Waals surface area contributed by atoms with Crippen molar-refractivity contribution in [2.24, 2.45) is 7.05 Å². The Morgan fingerprint density at radius 1 is 1.37 bits per heavy atom. The first-order valence-corrected chi connectivity index (χ1v) is 6.40. The Kier molecular flexibility index (Phi) is 3.90. The van der Waals surface area contributed by atoms with E-state index in [1.165, 1.54) is 9.13 Å². The van der Waals surface area contributed by atoms with Crippen molar-refractivity contribution in [1.82, 2.24) is 9.13 Å². The van der Waals surface area contributed by atoms with E-state index < -0.39 is 0 Å². The zero-order valence-electron chi connectivity index (χ0n) is 10.6. The van der Waals surface area contributed by atoms with Crippen molar-refractivity contribution in [3.63, 3.8) is 0 Å². The Morgan fingerprint density at radius 2 is 2.11 bits per heavy atom. The second-order valence-electron chi connectivity index (χ2n) is 4.09. The SMILES string of the molecule is COc1ccc(C(=O)Cn2ccn(C)c2=O)cc1Br. The molecule has 1 heterocycles. The Labute approximate surface area is 118 Å². The highest BCUT2D eigenvalue weighted by atomic mass is 79.9. The van der Waals surface area contributed by atoms with Gasteiger partial charge in [0, 0.05) is 25.0 Å². The summed E-state index contributed by atoms with van der Waals surface area (Å²) in [5.74, 6) is 0.532. The molecule has 0 aliphatic rings. The molecular formula is C13H13BrN2O3. The molecule has 19 heavy (non-hydrogen) atoms. The van der Waals surface area contributed by atoms with Gasteiger partial charge in [0.25, 0.3) is 0 Å². The van der Waals surface area contributed by atoms with Crippen LogP contribution in [0.2, 0.25) is 0 Å². The van der Waals surface area contributed by atoms with E-state index in [-0.39, 0.29) is 18.0 Å². The van der Waals surface area contributed by atoms with Gasteiger partial charge in [-0.25, -0.2) is 4.79 Å². The number of Topliss-reactive ketones (excluding diaryl/α,β-unsaturated/α-hetero) is 1. The highest BCUT2D eigenvalue weighted by Gasteiger charge is 2.11. The number of carbonyl (C=O) groups excluding carboxylic acids is 1. The van der Waals surface area contributed by atoms with Crippen molar-refractivity contribution in [3.8, 4) is 5.75 Å². The van der Waals surface area contributed by atoms with Crippen molar-refractivity contribution in [1.29, 1.82) is 0 Å². The Morgan fingerprint density at radius 3 is 2.63 bits per heavy atom. The van der Waals surface area contributed by atoms with Crippen LogP contribution in [0, 0.1) is 0 Å². The van der Waals surface area contributed by atoms with Gasteiger partial charge in [-0.3, -0.25) is 9.36 Å². The molecule has 2 rings (SSSR count). The molecule has 0 saturated carbocycles. The molecule has 6 heteroatoms. The van der Waals surface area contributed by atoms with Gasteiger partial charge < -0.3 is 9.30 Å². The maximum Gasteiger partial charge on any atom is 0.328 e. The van der Waals surface area contributed by atoms with E-state index >= 15 is 0 Å². The third kappa shape index (κ3) is 2.78. The Bertz CT molecular complexity index is 673. The molecule has 0 atom stereocenters. The number of benzene rings is 1. The number of halogens is 1. The minimum absolute atomic E-state index is 0.0262. The monoisotopic (exact) mass is 324 g/mol. The molecule has 0 spiro atoms. The molecule has 2 aromatic rings. The van der Waals surface area contributed by atoms with Gasteiger partial charge in [0.05, 0.1) is 18.1 Å². The number of methoxy groups -OCH3 is 1. The zero-order chi connectivity index (χ0) is 14.0. The van der Waals surface area contributed by atoms with Gasteiger partial charge in [0.15, 0.2) is 5.78 Å². The number of nitrogens with zero attached hydrogens (tertiary/aromatic N) is 2. The fourth-order valence-electron chi connectivity index (χ4n) is 1.72. The van der Waals surface area contributed by atoms with Crippen LogP contribution >= 0.6 is 15.9 Å². The predicted molar refractivity (Wildman–Crippen MR) is 74.7 cm³/mol. The normalized spacial score (nSPS) is 10.5. The lowest BCUT2D eigenvalue weighted by Gasteiger charge is -2.06. The Balaban J connectivity index is 2.23. The van der Waals surface area contributed by atoms with Crippen LogP contribution in [0.3, 0.4) is 0 Å². The van der Waals surface area contributed by atoms with Gasteiger partial charge in [-0.1, -0.05) is 0 Å². The fourth-order valence-corrected chi connectivity index (χ4v) is 2.26. The van der Waals surface area contributed by atoms with Crippen molar-refractivity contribution in [3.05, 3.63) is 51.1 Å². The smallest absolute Gasteiger partial charge is 0.328 e. The van der Waals surface area contributed by atoms with Crippen LogP contribution < -0.4 is 10.4 Å². The number of imidazole rings is 1. The van der Waals surface area contributed by atoms with Crippen LogP contribution in [-0.2, 0) is 13.6 Å². The van der Waals surface area contributed by atoms with Crippen LogP contribution in [0.25, 0.3) is 0 Å². The highest BCUT2D eigenvalue weighted by Crippen LogP contribution is 2.25. The number of carbonyl (C=O) groups is 1. The van der Waals surface area contributed by atoms with E-state index in [2.05, 4.69) is 15.9 Å². The lowest BCUT2D eigenvalue weighted by atomic mass is 10.1. The lowest BCUT2D eigenvalue weighted by molar-refractivity contribution is 0.0970. The highest BCUT2D eigenvalue weighted by molar-refractivity contribution is 9.10. The van der Waals surface area contributed by atoms with Crippen molar-refractivity contribution in [2.75, 3.05) is 7.11 Å². The molecule has 0 aliphatic heterocycles. The lowest BCUT2D eigenvalue weighted by Crippen LogP contribution is -2.25. The quantitative estimate of drug-likeness (QED) is 0.806. The van der Waals surface area contributed by atoms with Gasteiger partial charge in [-0.05, 0) is 34.1 Å². The maximum atomic E-state index is 12.1. The van der Waals surface area contributed by atoms with E-state index in [0.29, 0.717) is 15.8 Å². The molecule has 5 nitrogen and oxygen atoms in total. The van der Waals surface area contributed by atoms with Crippen molar-refractivity contribution < 1.29 is 9.53 Å². The molecule has 100 valence electrons. The van der Waals surface area contributed by atoms with E-state index in [1.54, 1.807) is 44.8 Å². The summed E-state index contributed by atoms with van der Waals surface area (Å²) in [5, 5.41) is 0. The molecule has 0 saturated heterocycles. The molecule has 0 unspecified atom stereocenters. The van der Waals surface area contributed by atoms with E-state index in [4.69, 9.17) is 4.74 Å². The van der Waals surface area contributed by atoms with Gasteiger partial charge >= 0.3 is 5.69 Å². The van der Waals surface area contributed by atoms with E-state index in [1.807, 2.05) is 0 Å². The molecule has 0 N–H and O–H groups in total. The van der Waals surface area contributed by atoms with Crippen LogP contribution in [0.5, 0.6) is 5.75 Å². The Hall–Kier alpha value is -1.82. The van der Waals surface area contributed by atoms with Gasteiger partial charge in [0.1, 0.15) is 5.75 Å². The summed E-state index contributed by atoms with van der Waals surface area (Å²) in [4.78, 5) is 23.7. The molecule has 0 aliphatic carbocycles. The summed E-state index contributed by atoms with van der Waals surface area (Å²) < 4.78 is 8.62. The summed E-state index contributed by atoms with van der Waals surface area (Å²) in [5.41, 5.74) is 0.323. The standard InChI is InChI=1S/C13H13BrN2O3/c1-15-5-6-16(13(15)18)8-11(17)9-3-4-12(19-2)10(14)7-9/h3-7H,8H2,1-2H3. The third-order valence-corrected chi connectivity index (χ3v) is 3.43. The average Bonchev–Trinajstić information content (AvgIpc) is 2.70. The first-order valence-electron chi connectivity index (χ1n) is 5.61. The van der Waals surface area contributed by atoms with Gasteiger partial charge in [0.2, 0.25) is 0 Å². The third-order valence-electron chi connectivity index (χ3n) is 2.81. The second-order valence-corrected chi connectivity index (χ2v) is 4.95. The van der Waals surface area contributed by atoms with Crippen LogP contribution in [0.15, 0.2) is 39.9 Å². The van der Waals surface area contributed by atoms with Crippen molar-refractivity contribution >= 4 is 21.7 Å². The number of hydrogen-bond donors (Lipinski definition) is 0. The maximum absolute atomic E-state index is 12.1. The molecule has 0 radical (unpaired) electrons. The second kappa shape index (κ2) is 5.44. The van der Waals surface area contributed by atoms with Crippen molar-refractivity contribution in [2.45, 2.75) is 6.54 Å². The number of ketones is 1. The molecule has 1 aromatic carbocycles. The van der Waals surface area contributed by atoms with Gasteiger partial charge in [-0.2, -0.15) is 0 Å². The van der Waals surface area contributed by atoms with Gasteiger partial charge in [-0.15, -0.1) is 0 Å². The number of aromatic nitrogens is 2. The summed E-state index contributed by atoms with van der Waals surface area (Å²) in [6, 6.07) is 5.08. The summed E-state index contributed by atoms with van der Waals surface area (Å²) in [6.07, 6.45) is 3.22. The molecule has 0 amide bonds. The largest absolute Gasteiger partial charge is 0.496 e. The minimum atomic E-state index is -0.207. The first kappa shape index (κ1) is 13.6. The number of aryl methyl sites for hydroxylation is 1. The topological polar surface area (TPSA) is 53.2 Å². The zero-order valence-corrected chi connectivity index (χ0v) is 12.2. The number of ether oxygens (including phenoxy) is 1. The van der Waals surface area contributed by atoms with E-state index in [9.17, 15) is 9.59 Å². The van der Waals surface area contributed by atoms with Crippen LogP contribution in [-0.4, -0.2) is 22.0 Å².